The Labute approximate surface area is 134 Å². The van der Waals surface area contributed by atoms with Crippen molar-refractivity contribution in [1.29, 1.82) is 0 Å². The smallest absolute Gasteiger partial charge is 0.243 e. The Bertz CT molecular complexity index is 845. The Balaban J connectivity index is 1.86. The third-order valence-electron chi connectivity index (χ3n) is 3.79. The number of nitrogens with zero attached hydrogens (tertiary/aromatic N) is 4. The van der Waals surface area contributed by atoms with Gasteiger partial charge in [0, 0.05) is 32.6 Å². The third kappa shape index (κ3) is 3.06. The van der Waals surface area contributed by atoms with Crippen LogP contribution in [-0.4, -0.2) is 53.4 Å². The lowest BCUT2D eigenvalue weighted by atomic mass is 10.3. The van der Waals surface area contributed by atoms with Crippen molar-refractivity contribution >= 4 is 27.0 Å². The molecule has 1 aromatic heterocycles. The van der Waals surface area contributed by atoms with E-state index in [4.69, 9.17) is 0 Å². The van der Waals surface area contributed by atoms with E-state index in [1.165, 1.54) is 10.9 Å². The fraction of sp³-hybridized carbons (Fsp3) is 0.500. The van der Waals surface area contributed by atoms with Crippen LogP contribution < -0.4 is 4.72 Å². The molecule has 1 atom stereocenters. The van der Waals surface area contributed by atoms with Gasteiger partial charge in [0.25, 0.3) is 0 Å². The zero-order valence-corrected chi connectivity index (χ0v) is 13.9. The molecule has 23 heavy (non-hydrogen) atoms. The quantitative estimate of drug-likeness (QED) is 0.844. The summed E-state index contributed by atoms with van der Waals surface area (Å²) in [5.41, 5.74) is 0.850. The van der Waals surface area contributed by atoms with Gasteiger partial charge in [-0.2, -0.15) is 15.0 Å². The fourth-order valence-corrected chi connectivity index (χ4v) is 4.23. The minimum atomic E-state index is -3.76. The molecule has 0 unspecified atom stereocenters. The van der Waals surface area contributed by atoms with Crippen molar-refractivity contribution in [3.8, 4) is 0 Å². The standard InChI is InChI=1S/C14H19N5O3S/c1-3-7-19-9-10(8-13(19)20)17-23(21,22)12-6-4-5-11-14(12)16-18(2)15-11/h4-6,10,17H,3,7-9H2,1-2H3/t10-/m0/s1. The maximum atomic E-state index is 12.7. The van der Waals surface area contributed by atoms with E-state index in [0.717, 1.165) is 6.42 Å². The van der Waals surface area contributed by atoms with Crippen LogP contribution in [0, 0.1) is 0 Å². The number of carbonyl (C=O) groups is 1. The molecule has 1 aromatic carbocycles. The predicted molar refractivity (Wildman–Crippen MR) is 84.1 cm³/mol. The molecule has 8 nitrogen and oxygen atoms in total. The molecule has 1 N–H and O–H groups in total. The summed E-state index contributed by atoms with van der Waals surface area (Å²) in [6.07, 6.45) is 1.04. The van der Waals surface area contributed by atoms with Crippen molar-refractivity contribution in [2.45, 2.75) is 30.7 Å². The Hall–Kier alpha value is -2.00. The van der Waals surface area contributed by atoms with Crippen LogP contribution in [0.25, 0.3) is 11.0 Å². The molecular weight excluding hydrogens is 318 g/mol. The fourth-order valence-electron chi connectivity index (χ4n) is 2.85. The Morgan fingerprint density at radius 2 is 2.13 bits per heavy atom. The van der Waals surface area contributed by atoms with E-state index in [1.807, 2.05) is 6.92 Å². The predicted octanol–water partition coefficient (Wildman–Crippen LogP) is 0.257. The van der Waals surface area contributed by atoms with Crippen LogP contribution >= 0.6 is 0 Å². The first kappa shape index (κ1) is 15.9. The van der Waals surface area contributed by atoms with Crippen molar-refractivity contribution in [2.75, 3.05) is 13.1 Å². The molecule has 0 radical (unpaired) electrons. The number of aromatic nitrogens is 3. The molecular formula is C14H19N5O3S. The molecule has 1 fully saturated rings. The zero-order valence-electron chi connectivity index (χ0n) is 13.1. The second-order valence-electron chi connectivity index (χ2n) is 5.68. The first-order chi connectivity index (χ1) is 10.9. The molecule has 0 spiro atoms. The van der Waals surface area contributed by atoms with E-state index in [0.29, 0.717) is 24.1 Å². The summed E-state index contributed by atoms with van der Waals surface area (Å²) in [4.78, 5) is 15.0. The van der Waals surface area contributed by atoms with Gasteiger partial charge in [-0.05, 0) is 18.6 Å². The first-order valence-electron chi connectivity index (χ1n) is 7.51. The summed E-state index contributed by atoms with van der Waals surface area (Å²) in [6, 6.07) is 4.43. The molecule has 1 amide bonds. The van der Waals surface area contributed by atoms with E-state index in [1.54, 1.807) is 24.1 Å². The molecule has 2 heterocycles. The number of rotatable bonds is 5. The third-order valence-corrected chi connectivity index (χ3v) is 5.35. The maximum absolute atomic E-state index is 12.7. The number of likely N-dealkylation sites (tertiary alicyclic amines) is 1. The lowest BCUT2D eigenvalue weighted by Crippen LogP contribution is -2.37. The normalized spacial score (nSPS) is 19.0. The molecule has 0 aliphatic carbocycles. The Morgan fingerprint density at radius 3 is 2.87 bits per heavy atom. The number of carbonyl (C=O) groups excluding carboxylic acids is 1. The van der Waals surface area contributed by atoms with Crippen LogP contribution in [0.15, 0.2) is 23.1 Å². The number of hydrogen-bond donors (Lipinski definition) is 1. The SMILES string of the molecule is CCCN1C[C@@H](NS(=O)(=O)c2cccc3nn(C)nc23)CC1=O. The summed E-state index contributed by atoms with van der Waals surface area (Å²) in [6.45, 7) is 3.04. The number of aryl methyl sites for hydroxylation is 1. The molecule has 1 aliphatic heterocycles. The molecule has 1 saturated heterocycles. The van der Waals surface area contributed by atoms with Gasteiger partial charge in [0.05, 0.1) is 0 Å². The van der Waals surface area contributed by atoms with E-state index in [-0.39, 0.29) is 17.2 Å². The molecule has 1 aliphatic rings. The van der Waals surface area contributed by atoms with Crippen molar-refractivity contribution in [3.05, 3.63) is 18.2 Å². The highest BCUT2D eigenvalue weighted by atomic mass is 32.2. The molecule has 3 rings (SSSR count). The summed E-state index contributed by atoms with van der Waals surface area (Å²) in [5.74, 6) is -0.0164. The minimum absolute atomic E-state index is 0.0164. The van der Waals surface area contributed by atoms with Crippen LogP contribution in [-0.2, 0) is 21.9 Å². The van der Waals surface area contributed by atoms with Gasteiger partial charge < -0.3 is 4.90 Å². The minimum Gasteiger partial charge on any atom is -0.341 e. The van der Waals surface area contributed by atoms with Crippen LogP contribution in [0.3, 0.4) is 0 Å². The topological polar surface area (TPSA) is 97.2 Å². The van der Waals surface area contributed by atoms with Crippen LogP contribution in [0.2, 0.25) is 0 Å². The van der Waals surface area contributed by atoms with Crippen LogP contribution in [0.4, 0.5) is 0 Å². The van der Waals surface area contributed by atoms with Crippen molar-refractivity contribution in [2.24, 2.45) is 7.05 Å². The average molecular weight is 337 g/mol. The van der Waals surface area contributed by atoms with Gasteiger partial charge >= 0.3 is 0 Å². The summed E-state index contributed by atoms with van der Waals surface area (Å²) in [7, 11) is -2.12. The zero-order chi connectivity index (χ0) is 16.6. The summed E-state index contributed by atoms with van der Waals surface area (Å²) < 4.78 is 28.0. The van der Waals surface area contributed by atoms with E-state index < -0.39 is 16.1 Å². The van der Waals surface area contributed by atoms with E-state index in [9.17, 15) is 13.2 Å². The van der Waals surface area contributed by atoms with Gasteiger partial charge in [-0.1, -0.05) is 13.0 Å². The highest BCUT2D eigenvalue weighted by molar-refractivity contribution is 7.89. The van der Waals surface area contributed by atoms with Gasteiger partial charge in [-0.15, -0.1) is 0 Å². The number of hydrogen-bond acceptors (Lipinski definition) is 5. The second-order valence-corrected chi connectivity index (χ2v) is 7.36. The van der Waals surface area contributed by atoms with Crippen molar-refractivity contribution in [1.82, 2.24) is 24.6 Å². The molecule has 9 heteroatoms. The van der Waals surface area contributed by atoms with E-state index >= 15 is 0 Å². The molecule has 0 saturated carbocycles. The highest BCUT2D eigenvalue weighted by Crippen LogP contribution is 2.21. The number of sulfonamides is 1. The molecule has 2 aromatic rings. The number of nitrogens with one attached hydrogen (secondary N) is 1. The maximum Gasteiger partial charge on any atom is 0.243 e. The number of benzene rings is 1. The highest BCUT2D eigenvalue weighted by Gasteiger charge is 2.33. The van der Waals surface area contributed by atoms with Crippen LogP contribution in [0.1, 0.15) is 19.8 Å². The lowest BCUT2D eigenvalue weighted by molar-refractivity contribution is -0.127. The number of amides is 1. The van der Waals surface area contributed by atoms with Gasteiger partial charge in [-0.25, -0.2) is 13.1 Å². The van der Waals surface area contributed by atoms with Crippen molar-refractivity contribution in [3.63, 3.8) is 0 Å². The largest absolute Gasteiger partial charge is 0.341 e. The monoisotopic (exact) mass is 337 g/mol. The van der Waals surface area contributed by atoms with Gasteiger partial charge in [0.15, 0.2) is 0 Å². The van der Waals surface area contributed by atoms with Gasteiger partial charge in [0.1, 0.15) is 15.9 Å². The second kappa shape index (κ2) is 5.89. The average Bonchev–Trinajstić information content (AvgIpc) is 3.00. The Kier molecular flexibility index (Phi) is 4.07. The lowest BCUT2D eigenvalue weighted by Gasteiger charge is -2.16. The van der Waals surface area contributed by atoms with Crippen molar-refractivity contribution < 1.29 is 13.2 Å². The van der Waals surface area contributed by atoms with Crippen LogP contribution in [0.5, 0.6) is 0 Å². The van der Waals surface area contributed by atoms with Gasteiger partial charge in [-0.3, -0.25) is 4.79 Å². The van der Waals surface area contributed by atoms with Gasteiger partial charge in [0.2, 0.25) is 15.9 Å². The number of fused-ring (bicyclic) bond motifs is 1. The Morgan fingerprint density at radius 1 is 1.35 bits per heavy atom. The first-order valence-corrected chi connectivity index (χ1v) is 8.99. The molecule has 124 valence electrons. The summed E-state index contributed by atoms with van der Waals surface area (Å²) in [5, 5.41) is 8.24. The van der Waals surface area contributed by atoms with E-state index in [2.05, 4.69) is 14.9 Å². The summed E-state index contributed by atoms with van der Waals surface area (Å²) >= 11 is 0. The molecule has 0 bridgehead atoms.